The van der Waals surface area contributed by atoms with Gasteiger partial charge in [0.2, 0.25) is 0 Å². The summed E-state index contributed by atoms with van der Waals surface area (Å²) in [7, 11) is 1.69. The molecule has 0 unspecified atom stereocenters. The summed E-state index contributed by atoms with van der Waals surface area (Å²) in [4.78, 5) is 0. The first-order valence-corrected chi connectivity index (χ1v) is 5.05. The van der Waals surface area contributed by atoms with Crippen molar-refractivity contribution in [3.63, 3.8) is 0 Å². The van der Waals surface area contributed by atoms with Crippen LogP contribution in [0.25, 0.3) is 0 Å². The normalized spacial score (nSPS) is 9.87. The number of hydrogen-bond donors (Lipinski definition) is 1. The number of benzene rings is 1. The highest BCUT2D eigenvalue weighted by Crippen LogP contribution is 2.04. The van der Waals surface area contributed by atoms with Gasteiger partial charge in [-0.25, -0.2) is 0 Å². The van der Waals surface area contributed by atoms with Gasteiger partial charge in [-0.1, -0.05) is 12.1 Å². The van der Waals surface area contributed by atoms with E-state index in [1.807, 2.05) is 24.3 Å². The summed E-state index contributed by atoms with van der Waals surface area (Å²) in [6, 6.07) is 9.85. The van der Waals surface area contributed by atoms with Crippen LogP contribution in [0.4, 0.5) is 0 Å². The second kappa shape index (κ2) is 6.99. The quantitative estimate of drug-likeness (QED) is 0.711. The Kier molecular flexibility index (Phi) is 5.46. The molecule has 3 heteroatoms. The van der Waals surface area contributed by atoms with E-state index in [1.165, 1.54) is 5.56 Å². The third-order valence-corrected chi connectivity index (χ3v) is 2.13. The minimum Gasteiger partial charge on any atom is -0.383 e. The summed E-state index contributed by atoms with van der Waals surface area (Å²) in [6.45, 7) is 2.52. The Morgan fingerprint density at radius 2 is 2.27 bits per heavy atom. The van der Waals surface area contributed by atoms with Gasteiger partial charge in [0.1, 0.15) is 0 Å². The molecule has 1 rings (SSSR count). The highest BCUT2D eigenvalue weighted by atomic mass is 16.5. The molecule has 0 aromatic heterocycles. The number of nitriles is 1. The summed E-state index contributed by atoms with van der Waals surface area (Å²) < 4.78 is 4.93. The molecule has 1 aromatic carbocycles. The fourth-order valence-electron chi connectivity index (χ4n) is 1.33. The van der Waals surface area contributed by atoms with E-state index < -0.39 is 0 Å². The van der Waals surface area contributed by atoms with Crippen LogP contribution in [-0.2, 0) is 11.2 Å². The summed E-state index contributed by atoms with van der Waals surface area (Å²) >= 11 is 0. The third-order valence-electron chi connectivity index (χ3n) is 2.13. The molecule has 0 bridgehead atoms. The second-order valence-corrected chi connectivity index (χ2v) is 3.30. The van der Waals surface area contributed by atoms with Crippen molar-refractivity contribution in [3.8, 4) is 6.07 Å². The first-order chi connectivity index (χ1) is 7.36. The van der Waals surface area contributed by atoms with Gasteiger partial charge in [-0.3, -0.25) is 0 Å². The van der Waals surface area contributed by atoms with Gasteiger partial charge in [0.25, 0.3) is 0 Å². The van der Waals surface area contributed by atoms with Gasteiger partial charge in [-0.15, -0.1) is 0 Å². The van der Waals surface area contributed by atoms with E-state index in [0.29, 0.717) is 0 Å². The summed E-state index contributed by atoms with van der Waals surface area (Å²) in [5, 5.41) is 12.0. The van der Waals surface area contributed by atoms with Gasteiger partial charge in [0, 0.05) is 13.7 Å². The third kappa shape index (κ3) is 4.59. The van der Waals surface area contributed by atoms with Gasteiger partial charge in [-0.05, 0) is 30.7 Å². The van der Waals surface area contributed by atoms with Crippen LogP contribution in [0.15, 0.2) is 24.3 Å². The molecule has 1 N–H and O–H groups in total. The molecule has 80 valence electrons. The van der Waals surface area contributed by atoms with Crippen LogP contribution >= 0.6 is 0 Å². The number of hydrogen-bond acceptors (Lipinski definition) is 3. The zero-order chi connectivity index (χ0) is 10.9. The maximum absolute atomic E-state index is 8.72. The molecule has 1 aromatic rings. The maximum Gasteiger partial charge on any atom is 0.0991 e. The monoisotopic (exact) mass is 204 g/mol. The van der Waals surface area contributed by atoms with Crippen molar-refractivity contribution in [2.24, 2.45) is 0 Å². The molecular weight excluding hydrogens is 188 g/mol. The summed E-state index contributed by atoms with van der Waals surface area (Å²) in [6.07, 6.45) is 0.944. The van der Waals surface area contributed by atoms with E-state index in [0.717, 1.165) is 31.7 Å². The van der Waals surface area contributed by atoms with E-state index in [2.05, 4.69) is 11.4 Å². The number of rotatable bonds is 6. The lowest BCUT2D eigenvalue weighted by Crippen LogP contribution is -2.21. The van der Waals surface area contributed by atoms with Crippen LogP contribution in [0.5, 0.6) is 0 Å². The van der Waals surface area contributed by atoms with Gasteiger partial charge >= 0.3 is 0 Å². The van der Waals surface area contributed by atoms with E-state index in [-0.39, 0.29) is 0 Å². The smallest absolute Gasteiger partial charge is 0.0991 e. The maximum atomic E-state index is 8.72. The van der Waals surface area contributed by atoms with Crippen LogP contribution < -0.4 is 5.32 Å². The molecular formula is C12H16N2O. The number of nitrogens with zero attached hydrogens (tertiary/aromatic N) is 1. The Balaban J connectivity index is 2.28. The highest BCUT2D eigenvalue weighted by molar-refractivity contribution is 5.32. The molecule has 0 atom stereocenters. The summed E-state index contributed by atoms with van der Waals surface area (Å²) in [5.41, 5.74) is 1.92. The fraction of sp³-hybridized carbons (Fsp3) is 0.417. The van der Waals surface area contributed by atoms with Crippen molar-refractivity contribution < 1.29 is 4.74 Å². The lowest BCUT2D eigenvalue weighted by atomic mass is 10.1. The van der Waals surface area contributed by atoms with E-state index in [4.69, 9.17) is 10.00 Å². The Morgan fingerprint density at radius 1 is 1.40 bits per heavy atom. The largest absolute Gasteiger partial charge is 0.383 e. The van der Waals surface area contributed by atoms with Crippen LogP contribution in [-0.4, -0.2) is 26.8 Å². The molecule has 0 spiro atoms. The molecule has 0 saturated heterocycles. The molecule has 0 aliphatic heterocycles. The van der Waals surface area contributed by atoms with Crippen molar-refractivity contribution in [1.82, 2.24) is 5.32 Å². The van der Waals surface area contributed by atoms with Crippen LogP contribution in [0, 0.1) is 11.3 Å². The zero-order valence-electron chi connectivity index (χ0n) is 8.99. The standard InChI is InChI=1S/C12H16N2O/c1-15-8-7-14-6-5-11-3-2-4-12(9-11)10-13/h2-4,9,14H,5-8H2,1H3. The van der Waals surface area contributed by atoms with Crippen LogP contribution in [0.3, 0.4) is 0 Å². The van der Waals surface area contributed by atoms with Gasteiger partial charge in [-0.2, -0.15) is 5.26 Å². The van der Waals surface area contributed by atoms with Crippen molar-refractivity contribution in [2.45, 2.75) is 6.42 Å². The lowest BCUT2D eigenvalue weighted by molar-refractivity contribution is 0.199. The first-order valence-electron chi connectivity index (χ1n) is 5.05. The number of nitrogens with one attached hydrogen (secondary N) is 1. The van der Waals surface area contributed by atoms with Crippen LogP contribution in [0.1, 0.15) is 11.1 Å². The molecule has 0 fully saturated rings. The SMILES string of the molecule is COCCNCCc1cccc(C#N)c1. The minimum atomic E-state index is 0.726. The predicted octanol–water partition coefficient (Wildman–Crippen LogP) is 1.34. The van der Waals surface area contributed by atoms with Crippen molar-refractivity contribution in [1.29, 1.82) is 5.26 Å². The van der Waals surface area contributed by atoms with Gasteiger partial charge in [0.15, 0.2) is 0 Å². The molecule has 0 heterocycles. The fourth-order valence-corrected chi connectivity index (χ4v) is 1.33. The number of methoxy groups -OCH3 is 1. The molecule has 0 amide bonds. The Bertz CT molecular complexity index is 331. The molecule has 0 radical (unpaired) electrons. The summed E-state index contributed by atoms with van der Waals surface area (Å²) in [5.74, 6) is 0. The predicted molar refractivity (Wildman–Crippen MR) is 59.6 cm³/mol. The average Bonchev–Trinajstić information content (AvgIpc) is 2.29. The Hall–Kier alpha value is -1.37. The molecule has 3 nitrogen and oxygen atoms in total. The minimum absolute atomic E-state index is 0.726. The Morgan fingerprint density at radius 3 is 3.00 bits per heavy atom. The van der Waals surface area contributed by atoms with Crippen molar-refractivity contribution in [3.05, 3.63) is 35.4 Å². The average molecular weight is 204 g/mol. The lowest BCUT2D eigenvalue weighted by Gasteiger charge is -2.04. The Labute approximate surface area is 90.7 Å². The topological polar surface area (TPSA) is 45.0 Å². The molecule has 0 aliphatic carbocycles. The van der Waals surface area contributed by atoms with Gasteiger partial charge in [0.05, 0.1) is 18.2 Å². The molecule has 0 aliphatic rings. The molecule has 15 heavy (non-hydrogen) atoms. The molecule has 0 saturated carbocycles. The second-order valence-electron chi connectivity index (χ2n) is 3.30. The first kappa shape index (κ1) is 11.7. The number of ether oxygens (including phenoxy) is 1. The van der Waals surface area contributed by atoms with Crippen molar-refractivity contribution in [2.75, 3.05) is 26.8 Å². The van der Waals surface area contributed by atoms with E-state index >= 15 is 0 Å². The highest BCUT2D eigenvalue weighted by Gasteiger charge is 1.94. The van der Waals surface area contributed by atoms with E-state index in [9.17, 15) is 0 Å². The van der Waals surface area contributed by atoms with E-state index in [1.54, 1.807) is 7.11 Å². The van der Waals surface area contributed by atoms with Gasteiger partial charge < -0.3 is 10.1 Å². The zero-order valence-corrected chi connectivity index (χ0v) is 8.99. The van der Waals surface area contributed by atoms with Crippen molar-refractivity contribution >= 4 is 0 Å². The van der Waals surface area contributed by atoms with Crippen LogP contribution in [0.2, 0.25) is 0 Å².